The van der Waals surface area contributed by atoms with E-state index in [2.05, 4.69) is 10.3 Å². The zero-order valence-electron chi connectivity index (χ0n) is 9.64. The SMILES string of the molecule is Cc1ccc(F)c(Nc2cc(C(=O)O)ccn2)c1. The van der Waals surface area contributed by atoms with E-state index in [0.717, 1.165) is 5.56 Å². The number of nitrogens with zero attached hydrogens (tertiary/aromatic N) is 1. The van der Waals surface area contributed by atoms with Crippen LogP contribution in [0.4, 0.5) is 15.9 Å². The maximum atomic E-state index is 13.5. The van der Waals surface area contributed by atoms with Crippen LogP contribution in [0.1, 0.15) is 15.9 Å². The van der Waals surface area contributed by atoms with Crippen LogP contribution in [-0.4, -0.2) is 16.1 Å². The van der Waals surface area contributed by atoms with Gasteiger partial charge in [-0.2, -0.15) is 0 Å². The molecule has 4 nitrogen and oxygen atoms in total. The van der Waals surface area contributed by atoms with Crippen LogP contribution in [0.2, 0.25) is 0 Å². The fraction of sp³-hybridized carbons (Fsp3) is 0.0769. The summed E-state index contributed by atoms with van der Waals surface area (Å²) >= 11 is 0. The molecule has 0 atom stereocenters. The molecule has 1 aromatic heterocycles. The molecule has 0 bridgehead atoms. The van der Waals surface area contributed by atoms with Crippen LogP contribution in [0.3, 0.4) is 0 Å². The molecular formula is C13H11FN2O2. The number of carboxylic acid groups (broad SMARTS) is 1. The number of halogens is 1. The molecular weight excluding hydrogens is 235 g/mol. The molecule has 0 spiro atoms. The average molecular weight is 246 g/mol. The van der Waals surface area contributed by atoms with Crippen molar-refractivity contribution >= 4 is 17.5 Å². The number of hydrogen-bond donors (Lipinski definition) is 2. The predicted molar refractivity (Wildman–Crippen MR) is 65.6 cm³/mol. The number of aromatic nitrogens is 1. The number of carbonyl (C=O) groups is 1. The molecule has 0 saturated heterocycles. The summed E-state index contributed by atoms with van der Waals surface area (Å²) in [5.41, 5.74) is 1.26. The smallest absolute Gasteiger partial charge is 0.335 e. The molecule has 0 amide bonds. The van der Waals surface area contributed by atoms with Crippen molar-refractivity contribution < 1.29 is 14.3 Å². The van der Waals surface area contributed by atoms with Crippen molar-refractivity contribution in [2.45, 2.75) is 6.92 Å². The standard InChI is InChI=1S/C13H11FN2O2/c1-8-2-3-10(14)11(6-8)16-12-7-9(13(17)18)4-5-15-12/h2-7H,1H3,(H,15,16)(H,17,18). The van der Waals surface area contributed by atoms with Gasteiger partial charge in [-0.3, -0.25) is 0 Å². The van der Waals surface area contributed by atoms with Gasteiger partial charge in [0.25, 0.3) is 0 Å². The lowest BCUT2D eigenvalue weighted by molar-refractivity contribution is 0.0697. The molecule has 2 aromatic rings. The van der Waals surface area contributed by atoms with E-state index in [1.54, 1.807) is 12.1 Å². The number of aryl methyl sites for hydroxylation is 1. The van der Waals surface area contributed by atoms with Crippen LogP contribution in [-0.2, 0) is 0 Å². The van der Waals surface area contributed by atoms with E-state index in [9.17, 15) is 9.18 Å². The van der Waals surface area contributed by atoms with Crippen molar-refractivity contribution in [2.24, 2.45) is 0 Å². The minimum Gasteiger partial charge on any atom is -0.478 e. The Hall–Kier alpha value is -2.43. The van der Waals surface area contributed by atoms with E-state index in [1.165, 1.54) is 24.4 Å². The highest BCUT2D eigenvalue weighted by molar-refractivity contribution is 5.88. The van der Waals surface area contributed by atoms with Gasteiger partial charge >= 0.3 is 5.97 Å². The monoisotopic (exact) mass is 246 g/mol. The number of hydrogen-bond acceptors (Lipinski definition) is 3. The van der Waals surface area contributed by atoms with Gasteiger partial charge in [0.15, 0.2) is 0 Å². The number of carboxylic acids is 1. The Morgan fingerprint density at radius 1 is 1.33 bits per heavy atom. The Kier molecular flexibility index (Phi) is 3.23. The van der Waals surface area contributed by atoms with Gasteiger partial charge in [-0.05, 0) is 36.8 Å². The minimum absolute atomic E-state index is 0.0977. The molecule has 0 aliphatic rings. The Bertz CT molecular complexity index is 599. The lowest BCUT2D eigenvalue weighted by atomic mass is 10.2. The lowest BCUT2D eigenvalue weighted by Crippen LogP contribution is -2.01. The largest absolute Gasteiger partial charge is 0.478 e. The molecule has 1 heterocycles. The number of aromatic carboxylic acids is 1. The molecule has 92 valence electrons. The highest BCUT2D eigenvalue weighted by atomic mass is 19.1. The van der Waals surface area contributed by atoms with Gasteiger partial charge in [0.2, 0.25) is 0 Å². The zero-order chi connectivity index (χ0) is 13.1. The van der Waals surface area contributed by atoms with Crippen molar-refractivity contribution in [3.8, 4) is 0 Å². The second-order valence-corrected chi connectivity index (χ2v) is 3.84. The first kappa shape index (κ1) is 12.0. The number of anilines is 2. The summed E-state index contributed by atoms with van der Waals surface area (Å²) in [4.78, 5) is 14.7. The highest BCUT2D eigenvalue weighted by Gasteiger charge is 2.06. The average Bonchev–Trinajstić information content (AvgIpc) is 2.34. The van der Waals surface area contributed by atoms with Gasteiger partial charge in [-0.15, -0.1) is 0 Å². The van der Waals surface area contributed by atoms with Crippen LogP contribution in [0.15, 0.2) is 36.5 Å². The van der Waals surface area contributed by atoms with E-state index >= 15 is 0 Å². The highest BCUT2D eigenvalue weighted by Crippen LogP contribution is 2.20. The van der Waals surface area contributed by atoms with Crippen LogP contribution >= 0.6 is 0 Å². The molecule has 18 heavy (non-hydrogen) atoms. The summed E-state index contributed by atoms with van der Waals surface area (Å²) in [5, 5.41) is 11.6. The van der Waals surface area contributed by atoms with Crippen LogP contribution in [0.5, 0.6) is 0 Å². The lowest BCUT2D eigenvalue weighted by Gasteiger charge is -2.08. The zero-order valence-corrected chi connectivity index (χ0v) is 9.64. The number of benzene rings is 1. The summed E-state index contributed by atoms with van der Waals surface area (Å²) in [6, 6.07) is 7.36. The molecule has 0 fully saturated rings. The first-order chi connectivity index (χ1) is 8.56. The van der Waals surface area contributed by atoms with E-state index in [-0.39, 0.29) is 11.3 Å². The fourth-order valence-electron chi connectivity index (χ4n) is 1.50. The molecule has 0 unspecified atom stereocenters. The van der Waals surface area contributed by atoms with E-state index in [1.807, 2.05) is 6.92 Å². The maximum absolute atomic E-state index is 13.5. The quantitative estimate of drug-likeness (QED) is 0.874. The van der Waals surface area contributed by atoms with Crippen LogP contribution < -0.4 is 5.32 Å². The molecule has 0 saturated carbocycles. The Balaban J connectivity index is 2.31. The summed E-state index contributed by atoms with van der Waals surface area (Å²) in [6.45, 7) is 1.84. The number of nitrogens with one attached hydrogen (secondary N) is 1. The summed E-state index contributed by atoms with van der Waals surface area (Å²) in [5.74, 6) is -1.17. The Morgan fingerprint density at radius 3 is 2.83 bits per heavy atom. The van der Waals surface area contributed by atoms with Gasteiger partial charge in [-0.1, -0.05) is 6.07 Å². The number of rotatable bonds is 3. The van der Waals surface area contributed by atoms with Gasteiger partial charge in [0.1, 0.15) is 11.6 Å². The van der Waals surface area contributed by atoms with Crippen molar-refractivity contribution in [3.05, 3.63) is 53.5 Å². The van der Waals surface area contributed by atoms with Gasteiger partial charge in [0.05, 0.1) is 11.3 Å². The van der Waals surface area contributed by atoms with Crippen molar-refractivity contribution in [2.75, 3.05) is 5.32 Å². The molecule has 2 rings (SSSR count). The Labute approximate surface area is 103 Å². The second-order valence-electron chi connectivity index (χ2n) is 3.84. The normalized spacial score (nSPS) is 10.1. The van der Waals surface area contributed by atoms with E-state index < -0.39 is 11.8 Å². The molecule has 2 N–H and O–H groups in total. The predicted octanol–water partition coefficient (Wildman–Crippen LogP) is 2.97. The van der Waals surface area contributed by atoms with Crippen LogP contribution in [0.25, 0.3) is 0 Å². The molecule has 5 heteroatoms. The summed E-state index contributed by atoms with van der Waals surface area (Å²) in [6.07, 6.45) is 1.36. The molecule has 0 aliphatic carbocycles. The minimum atomic E-state index is -1.05. The topological polar surface area (TPSA) is 62.2 Å². The van der Waals surface area contributed by atoms with E-state index in [4.69, 9.17) is 5.11 Å². The number of pyridine rings is 1. The first-order valence-electron chi connectivity index (χ1n) is 5.29. The van der Waals surface area contributed by atoms with Gasteiger partial charge in [-0.25, -0.2) is 14.2 Å². The van der Waals surface area contributed by atoms with Crippen LogP contribution in [0, 0.1) is 12.7 Å². The van der Waals surface area contributed by atoms with E-state index in [0.29, 0.717) is 5.82 Å². The van der Waals surface area contributed by atoms with Crippen molar-refractivity contribution in [1.29, 1.82) is 0 Å². The third-order valence-electron chi connectivity index (χ3n) is 2.39. The van der Waals surface area contributed by atoms with Crippen molar-refractivity contribution in [3.63, 3.8) is 0 Å². The third-order valence-corrected chi connectivity index (χ3v) is 2.39. The summed E-state index contributed by atoms with van der Waals surface area (Å²) < 4.78 is 13.5. The van der Waals surface area contributed by atoms with Gasteiger partial charge < -0.3 is 10.4 Å². The van der Waals surface area contributed by atoms with Gasteiger partial charge in [0, 0.05) is 6.20 Å². The maximum Gasteiger partial charge on any atom is 0.335 e. The summed E-state index contributed by atoms with van der Waals surface area (Å²) in [7, 11) is 0. The Morgan fingerprint density at radius 2 is 2.11 bits per heavy atom. The first-order valence-corrected chi connectivity index (χ1v) is 5.29. The third kappa shape index (κ3) is 2.63. The molecule has 0 aliphatic heterocycles. The molecule has 0 radical (unpaired) electrons. The second kappa shape index (κ2) is 4.83. The van der Waals surface area contributed by atoms with Crippen molar-refractivity contribution in [1.82, 2.24) is 4.98 Å². The fourth-order valence-corrected chi connectivity index (χ4v) is 1.50. The molecule has 1 aromatic carbocycles.